The molecule has 0 aliphatic heterocycles. The molecule has 0 radical (unpaired) electrons. The molecule has 0 saturated carbocycles. The number of hydrogen-bond donors (Lipinski definition) is 1. The molecule has 1 amide bonds. The van der Waals surface area contributed by atoms with Crippen molar-refractivity contribution in [1.82, 2.24) is 4.90 Å². The van der Waals surface area contributed by atoms with Crippen molar-refractivity contribution in [2.75, 3.05) is 7.05 Å². The number of nitro benzene ring substituents is 1. The number of amides is 1. The van der Waals surface area contributed by atoms with Crippen molar-refractivity contribution in [1.29, 1.82) is 0 Å². The van der Waals surface area contributed by atoms with Crippen LogP contribution in [0, 0.1) is 10.1 Å². The molecule has 8 heteroatoms. The molecule has 0 fully saturated rings. The van der Waals surface area contributed by atoms with Crippen LogP contribution < -0.4 is 0 Å². The number of carboxylic acids is 1. The number of nitrogens with zero attached hydrogens (tertiary/aromatic N) is 2. The van der Waals surface area contributed by atoms with Gasteiger partial charge in [0.25, 0.3) is 11.6 Å². The first-order chi connectivity index (χ1) is 9.27. The maximum absolute atomic E-state index is 12.2. The lowest BCUT2D eigenvalue weighted by atomic mass is 10.1. The Labute approximate surface area is 123 Å². The number of carboxylic acid groups (broad SMARTS) is 1. The molecule has 1 N–H and O–H groups in total. The molecule has 108 valence electrons. The van der Waals surface area contributed by atoms with E-state index in [0.717, 1.165) is 11.0 Å². The summed E-state index contributed by atoms with van der Waals surface area (Å²) in [7, 11) is 1.36. The summed E-state index contributed by atoms with van der Waals surface area (Å²) in [6.07, 6.45) is 0.244. The first-order valence-corrected chi connectivity index (χ1v) is 6.52. The standard InChI is InChI=1S/C12H13BrN2O5/c1-3-10(12(17)18)14(2)11(16)7-4-8(13)6-9(5-7)15(19)20/h4-6,10H,3H2,1-2H3,(H,17,18). The second kappa shape index (κ2) is 6.47. The Morgan fingerprint density at radius 2 is 2.05 bits per heavy atom. The number of rotatable bonds is 5. The molecule has 0 heterocycles. The molecule has 1 atom stereocenters. The maximum atomic E-state index is 12.2. The molecule has 0 saturated heterocycles. The summed E-state index contributed by atoms with van der Waals surface area (Å²) in [5.74, 6) is -1.70. The van der Waals surface area contributed by atoms with Gasteiger partial charge in [0.15, 0.2) is 0 Å². The number of aliphatic carboxylic acids is 1. The molecule has 0 bridgehead atoms. The van der Waals surface area contributed by atoms with Crippen LogP contribution in [0.4, 0.5) is 5.69 Å². The molecular weight excluding hydrogens is 332 g/mol. The Kier molecular flexibility index (Phi) is 5.20. The number of carbonyl (C=O) groups is 2. The largest absolute Gasteiger partial charge is 0.480 e. The van der Waals surface area contributed by atoms with Gasteiger partial charge in [-0.05, 0) is 12.5 Å². The van der Waals surface area contributed by atoms with Crippen LogP contribution in [0.15, 0.2) is 22.7 Å². The zero-order chi connectivity index (χ0) is 15.4. The monoisotopic (exact) mass is 344 g/mol. The molecule has 0 aromatic heterocycles. The van der Waals surface area contributed by atoms with Crippen molar-refractivity contribution < 1.29 is 19.6 Å². The van der Waals surface area contributed by atoms with Crippen LogP contribution in [0.1, 0.15) is 23.7 Å². The van der Waals surface area contributed by atoms with Crippen LogP contribution in [0.25, 0.3) is 0 Å². The van der Waals surface area contributed by atoms with E-state index in [1.54, 1.807) is 6.92 Å². The highest BCUT2D eigenvalue weighted by atomic mass is 79.9. The highest BCUT2D eigenvalue weighted by Gasteiger charge is 2.26. The van der Waals surface area contributed by atoms with E-state index in [9.17, 15) is 19.7 Å². The number of hydrogen-bond acceptors (Lipinski definition) is 4. The van der Waals surface area contributed by atoms with E-state index in [-0.39, 0.29) is 17.7 Å². The third-order valence-electron chi connectivity index (χ3n) is 2.80. The van der Waals surface area contributed by atoms with E-state index in [2.05, 4.69) is 15.9 Å². The average molecular weight is 345 g/mol. The predicted molar refractivity (Wildman–Crippen MR) is 74.6 cm³/mol. The fourth-order valence-corrected chi connectivity index (χ4v) is 2.24. The normalized spacial score (nSPS) is 11.8. The van der Waals surface area contributed by atoms with E-state index >= 15 is 0 Å². The van der Waals surface area contributed by atoms with Gasteiger partial charge in [0.2, 0.25) is 0 Å². The van der Waals surface area contributed by atoms with Gasteiger partial charge in [0.05, 0.1) is 4.92 Å². The highest BCUT2D eigenvalue weighted by Crippen LogP contribution is 2.22. The van der Waals surface area contributed by atoms with Crippen LogP contribution in [0.3, 0.4) is 0 Å². The summed E-state index contributed by atoms with van der Waals surface area (Å²) >= 11 is 3.09. The van der Waals surface area contributed by atoms with E-state index < -0.39 is 22.8 Å². The Hall–Kier alpha value is -1.96. The molecule has 0 aliphatic rings. The van der Waals surface area contributed by atoms with Crippen molar-refractivity contribution >= 4 is 33.5 Å². The molecule has 7 nitrogen and oxygen atoms in total. The molecule has 1 aromatic rings. The minimum Gasteiger partial charge on any atom is -0.480 e. The third kappa shape index (κ3) is 3.53. The van der Waals surface area contributed by atoms with Crippen molar-refractivity contribution in [2.45, 2.75) is 19.4 Å². The quantitative estimate of drug-likeness (QED) is 0.652. The molecule has 0 spiro atoms. The van der Waals surface area contributed by atoms with Gasteiger partial charge in [-0.1, -0.05) is 22.9 Å². The lowest BCUT2D eigenvalue weighted by Crippen LogP contribution is -2.41. The summed E-state index contributed by atoms with van der Waals surface area (Å²) < 4.78 is 0.381. The van der Waals surface area contributed by atoms with Crippen molar-refractivity contribution in [2.24, 2.45) is 0 Å². The zero-order valence-corrected chi connectivity index (χ0v) is 12.5. The zero-order valence-electron chi connectivity index (χ0n) is 10.9. The van der Waals surface area contributed by atoms with Crippen LogP contribution >= 0.6 is 15.9 Å². The highest BCUT2D eigenvalue weighted by molar-refractivity contribution is 9.10. The lowest BCUT2D eigenvalue weighted by molar-refractivity contribution is -0.385. The van der Waals surface area contributed by atoms with E-state index in [1.807, 2.05) is 0 Å². The van der Waals surface area contributed by atoms with Gasteiger partial charge >= 0.3 is 5.97 Å². The van der Waals surface area contributed by atoms with E-state index in [1.165, 1.54) is 19.2 Å². The average Bonchev–Trinajstić information content (AvgIpc) is 2.37. The van der Waals surface area contributed by atoms with Crippen LogP contribution in [-0.2, 0) is 4.79 Å². The fraction of sp³-hybridized carbons (Fsp3) is 0.333. The van der Waals surface area contributed by atoms with Crippen molar-refractivity contribution in [3.63, 3.8) is 0 Å². The van der Waals surface area contributed by atoms with Gasteiger partial charge in [-0.2, -0.15) is 0 Å². The first-order valence-electron chi connectivity index (χ1n) is 5.72. The molecular formula is C12H13BrN2O5. The van der Waals surface area contributed by atoms with E-state index in [4.69, 9.17) is 5.11 Å². The summed E-state index contributed by atoms with van der Waals surface area (Å²) in [4.78, 5) is 34.4. The van der Waals surface area contributed by atoms with Crippen LogP contribution in [0.5, 0.6) is 0 Å². The molecule has 20 heavy (non-hydrogen) atoms. The molecule has 1 aromatic carbocycles. The number of non-ortho nitro benzene ring substituents is 1. The van der Waals surface area contributed by atoms with E-state index in [0.29, 0.717) is 4.47 Å². The number of nitro groups is 1. The Balaban J connectivity index is 3.14. The van der Waals surface area contributed by atoms with Gasteiger partial charge < -0.3 is 10.0 Å². The number of halogens is 1. The Morgan fingerprint density at radius 3 is 2.50 bits per heavy atom. The Morgan fingerprint density at radius 1 is 1.45 bits per heavy atom. The lowest BCUT2D eigenvalue weighted by Gasteiger charge is -2.23. The molecule has 1 unspecified atom stereocenters. The number of likely N-dealkylation sites (N-methyl/N-ethyl adjacent to an activating group) is 1. The maximum Gasteiger partial charge on any atom is 0.326 e. The van der Waals surface area contributed by atoms with Crippen LogP contribution in [0.2, 0.25) is 0 Å². The molecule has 0 aliphatic carbocycles. The molecule has 1 rings (SSSR count). The third-order valence-corrected chi connectivity index (χ3v) is 3.26. The van der Waals surface area contributed by atoms with Gasteiger partial charge in [-0.25, -0.2) is 4.79 Å². The second-order valence-corrected chi connectivity index (χ2v) is 5.05. The van der Waals surface area contributed by atoms with Crippen LogP contribution in [-0.4, -0.2) is 39.9 Å². The minimum atomic E-state index is -1.12. The smallest absolute Gasteiger partial charge is 0.326 e. The van der Waals surface area contributed by atoms with Gasteiger partial charge in [0.1, 0.15) is 6.04 Å². The first kappa shape index (κ1) is 16.1. The predicted octanol–water partition coefficient (Wildman–Crippen LogP) is 2.29. The topological polar surface area (TPSA) is 101 Å². The Bertz CT molecular complexity index is 561. The van der Waals surface area contributed by atoms with Crippen molar-refractivity contribution in [3.8, 4) is 0 Å². The SMILES string of the molecule is CCC(C(=O)O)N(C)C(=O)c1cc(Br)cc([N+](=O)[O-])c1. The number of benzene rings is 1. The van der Waals surface area contributed by atoms with Gasteiger partial charge in [-0.15, -0.1) is 0 Å². The van der Waals surface area contributed by atoms with Gasteiger partial charge in [-0.3, -0.25) is 14.9 Å². The number of carbonyl (C=O) groups excluding carboxylic acids is 1. The second-order valence-electron chi connectivity index (χ2n) is 4.13. The summed E-state index contributed by atoms with van der Waals surface area (Å²) in [5.41, 5.74) is -0.173. The van der Waals surface area contributed by atoms with Gasteiger partial charge in [0, 0.05) is 29.2 Å². The summed E-state index contributed by atoms with van der Waals surface area (Å²) in [6, 6.07) is 2.84. The summed E-state index contributed by atoms with van der Waals surface area (Å²) in [5, 5.41) is 19.8. The summed E-state index contributed by atoms with van der Waals surface area (Å²) in [6.45, 7) is 1.64. The minimum absolute atomic E-state index is 0.0632. The van der Waals surface area contributed by atoms with Crippen molar-refractivity contribution in [3.05, 3.63) is 38.3 Å². The fourth-order valence-electron chi connectivity index (χ4n) is 1.76.